The summed E-state index contributed by atoms with van der Waals surface area (Å²) in [5, 5.41) is 0. The van der Waals surface area contributed by atoms with Crippen LogP contribution >= 0.6 is 0 Å². The van der Waals surface area contributed by atoms with Crippen molar-refractivity contribution in [2.45, 2.75) is 52.6 Å². The van der Waals surface area contributed by atoms with Crippen molar-refractivity contribution in [3.63, 3.8) is 0 Å². The Bertz CT molecular complexity index is 355. The Kier molecular flexibility index (Phi) is 4.83. The Balaban J connectivity index is 2.41. The van der Waals surface area contributed by atoms with E-state index >= 15 is 0 Å². The number of hydrogen-bond donors (Lipinski definition) is 0. The lowest BCUT2D eigenvalue weighted by molar-refractivity contribution is -0.137. The smallest absolute Gasteiger partial charge is 0.166 e. The highest BCUT2D eigenvalue weighted by Gasteiger charge is 2.29. The quantitative estimate of drug-likeness (QED) is 0.629. The maximum atomic E-state index is 12.4. The number of unbranched alkanes of at least 4 members (excludes halogenated alkanes) is 1. The predicted molar refractivity (Wildman–Crippen MR) is 68.5 cm³/mol. The van der Waals surface area contributed by atoms with Crippen LogP contribution < -0.4 is 0 Å². The number of aryl methyl sites for hydroxylation is 1. The van der Waals surface area contributed by atoms with Crippen LogP contribution in [0.1, 0.15) is 51.2 Å². The minimum Gasteiger partial charge on any atom is -0.166 e. The third kappa shape index (κ3) is 5.56. The third-order valence-electron chi connectivity index (χ3n) is 2.92. The van der Waals surface area contributed by atoms with Crippen LogP contribution in [0.5, 0.6) is 0 Å². The fourth-order valence-corrected chi connectivity index (χ4v) is 1.84. The topological polar surface area (TPSA) is 0 Å². The van der Waals surface area contributed by atoms with Gasteiger partial charge in [-0.25, -0.2) is 0 Å². The molecule has 3 heteroatoms. The van der Waals surface area contributed by atoms with Gasteiger partial charge in [-0.15, -0.1) is 0 Å². The maximum Gasteiger partial charge on any atom is 0.416 e. The van der Waals surface area contributed by atoms with Crippen LogP contribution in [0.4, 0.5) is 13.2 Å². The summed E-state index contributed by atoms with van der Waals surface area (Å²) in [6.45, 7) is 6.60. The predicted octanol–water partition coefficient (Wildman–Crippen LogP) is 5.46. The number of hydrogen-bond acceptors (Lipinski definition) is 0. The molecule has 0 aliphatic rings. The van der Waals surface area contributed by atoms with Gasteiger partial charge < -0.3 is 0 Å². The number of rotatable bonds is 4. The Morgan fingerprint density at radius 1 is 0.889 bits per heavy atom. The van der Waals surface area contributed by atoms with Gasteiger partial charge in [0.1, 0.15) is 0 Å². The van der Waals surface area contributed by atoms with Gasteiger partial charge in [0.2, 0.25) is 0 Å². The second kappa shape index (κ2) is 5.77. The summed E-state index contributed by atoms with van der Waals surface area (Å²) in [5.74, 6) is 0. The normalized spacial score (nSPS) is 12.8. The molecule has 102 valence electrons. The van der Waals surface area contributed by atoms with E-state index in [2.05, 4.69) is 20.8 Å². The van der Waals surface area contributed by atoms with Gasteiger partial charge in [-0.3, -0.25) is 0 Å². The molecule has 1 aromatic rings. The van der Waals surface area contributed by atoms with Crippen molar-refractivity contribution in [2.75, 3.05) is 0 Å². The van der Waals surface area contributed by atoms with Crippen molar-refractivity contribution in [3.05, 3.63) is 35.4 Å². The summed E-state index contributed by atoms with van der Waals surface area (Å²) in [6, 6.07) is 5.50. The van der Waals surface area contributed by atoms with E-state index in [9.17, 15) is 13.2 Å². The lowest BCUT2D eigenvalue weighted by Crippen LogP contribution is -2.05. The van der Waals surface area contributed by atoms with Gasteiger partial charge in [0.25, 0.3) is 0 Å². The molecule has 0 bridgehead atoms. The SMILES string of the molecule is CC(C)(C)CCCCc1ccc(C(F)(F)F)cc1. The lowest BCUT2D eigenvalue weighted by atomic mass is 9.89. The van der Waals surface area contributed by atoms with E-state index in [1.54, 1.807) is 12.1 Å². The third-order valence-corrected chi connectivity index (χ3v) is 2.92. The molecular weight excluding hydrogens is 237 g/mol. The summed E-state index contributed by atoms with van der Waals surface area (Å²) in [4.78, 5) is 0. The first-order chi connectivity index (χ1) is 8.18. The van der Waals surface area contributed by atoms with Gasteiger partial charge >= 0.3 is 6.18 Å². The molecule has 0 aliphatic heterocycles. The average molecular weight is 258 g/mol. The van der Waals surface area contributed by atoms with E-state index < -0.39 is 11.7 Å². The Morgan fingerprint density at radius 3 is 1.89 bits per heavy atom. The zero-order valence-electron chi connectivity index (χ0n) is 11.3. The number of halogens is 3. The van der Waals surface area contributed by atoms with Crippen molar-refractivity contribution in [1.29, 1.82) is 0 Å². The largest absolute Gasteiger partial charge is 0.416 e. The highest BCUT2D eigenvalue weighted by atomic mass is 19.4. The van der Waals surface area contributed by atoms with E-state index in [0.717, 1.165) is 31.2 Å². The first-order valence-corrected chi connectivity index (χ1v) is 6.35. The molecule has 0 heterocycles. The van der Waals surface area contributed by atoms with Crippen LogP contribution in [0.3, 0.4) is 0 Å². The minimum atomic E-state index is -4.23. The van der Waals surface area contributed by atoms with Crippen LogP contribution in [0, 0.1) is 5.41 Å². The summed E-state index contributed by atoms with van der Waals surface area (Å²) in [5.41, 5.74) is 0.748. The van der Waals surface area contributed by atoms with Crippen molar-refractivity contribution >= 4 is 0 Å². The van der Waals surface area contributed by atoms with Crippen molar-refractivity contribution in [1.82, 2.24) is 0 Å². The minimum absolute atomic E-state index is 0.333. The zero-order valence-corrected chi connectivity index (χ0v) is 11.3. The molecule has 0 amide bonds. The van der Waals surface area contributed by atoms with Gasteiger partial charge in [-0.2, -0.15) is 13.2 Å². The molecular formula is C15H21F3. The van der Waals surface area contributed by atoms with Crippen molar-refractivity contribution in [3.8, 4) is 0 Å². The van der Waals surface area contributed by atoms with Crippen LogP contribution in [0.2, 0.25) is 0 Å². The van der Waals surface area contributed by atoms with Gasteiger partial charge in [0.15, 0.2) is 0 Å². The van der Waals surface area contributed by atoms with E-state index in [0.29, 0.717) is 5.41 Å². The first kappa shape index (κ1) is 15.1. The fraction of sp³-hybridized carbons (Fsp3) is 0.600. The number of alkyl halides is 3. The van der Waals surface area contributed by atoms with E-state index in [-0.39, 0.29) is 0 Å². The molecule has 0 saturated carbocycles. The van der Waals surface area contributed by atoms with E-state index in [4.69, 9.17) is 0 Å². The van der Waals surface area contributed by atoms with Gasteiger partial charge in [-0.1, -0.05) is 39.3 Å². The van der Waals surface area contributed by atoms with Gasteiger partial charge in [0, 0.05) is 0 Å². The molecule has 0 saturated heterocycles. The zero-order chi connectivity index (χ0) is 13.8. The molecule has 0 fully saturated rings. The van der Waals surface area contributed by atoms with E-state index in [1.807, 2.05) is 0 Å². The molecule has 0 spiro atoms. The highest BCUT2D eigenvalue weighted by Crippen LogP contribution is 2.29. The first-order valence-electron chi connectivity index (χ1n) is 6.35. The molecule has 0 aliphatic carbocycles. The molecule has 1 aromatic carbocycles. The van der Waals surface area contributed by atoms with Crippen molar-refractivity contribution in [2.24, 2.45) is 5.41 Å². The molecule has 0 N–H and O–H groups in total. The second-order valence-corrected chi connectivity index (χ2v) is 5.96. The van der Waals surface area contributed by atoms with Gasteiger partial charge in [-0.05, 0) is 42.4 Å². The van der Waals surface area contributed by atoms with Crippen LogP contribution in [0.15, 0.2) is 24.3 Å². The van der Waals surface area contributed by atoms with Crippen molar-refractivity contribution < 1.29 is 13.2 Å². The van der Waals surface area contributed by atoms with Crippen LogP contribution in [0.25, 0.3) is 0 Å². The number of benzene rings is 1. The summed E-state index contributed by atoms with van der Waals surface area (Å²) in [6.07, 6.45) is -0.0836. The van der Waals surface area contributed by atoms with Gasteiger partial charge in [0.05, 0.1) is 5.56 Å². The standard InChI is InChI=1S/C15H21F3/c1-14(2,3)11-5-4-6-12-7-9-13(10-8-12)15(16,17)18/h7-10H,4-6,11H2,1-3H3. The average Bonchev–Trinajstić information content (AvgIpc) is 2.22. The molecule has 0 radical (unpaired) electrons. The second-order valence-electron chi connectivity index (χ2n) is 5.96. The Labute approximate surface area is 107 Å². The van der Waals surface area contributed by atoms with Crippen LogP contribution in [-0.2, 0) is 12.6 Å². The molecule has 0 nitrogen and oxygen atoms in total. The fourth-order valence-electron chi connectivity index (χ4n) is 1.84. The Morgan fingerprint density at radius 2 is 1.44 bits per heavy atom. The molecule has 18 heavy (non-hydrogen) atoms. The Hall–Kier alpha value is -0.990. The summed E-state index contributed by atoms with van der Waals surface area (Å²) >= 11 is 0. The lowest BCUT2D eigenvalue weighted by Gasteiger charge is -2.17. The molecule has 0 aromatic heterocycles. The highest BCUT2D eigenvalue weighted by molar-refractivity contribution is 5.24. The summed E-state index contributed by atoms with van der Waals surface area (Å²) < 4.78 is 37.1. The summed E-state index contributed by atoms with van der Waals surface area (Å²) in [7, 11) is 0. The molecule has 0 atom stereocenters. The maximum absolute atomic E-state index is 12.4. The van der Waals surface area contributed by atoms with Crippen LogP contribution in [-0.4, -0.2) is 0 Å². The monoisotopic (exact) mass is 258 g/mol. The molecule has 0 unspecified atom stereocenters. The molecule has 1 rings (SSSR count). The van der Waals surface area contributed by atoms with E-state index in [1.165, 1.54) is 12.1 Å².